The topological polar surface area (TPSA) is 28.4 Å². The first-order chi connectivity index (χ1) is 6.74. The molecule has 1 heterocycles. The standard InChI is InChI=1S/C10H17ClN2O/c1-3-13(2)6-5-12-8-9-4-7-14-10(9)11/h4,7,12H,3,5-6,8H2,1-2H3. The summed E-state index contributed by atoms with van der Waals surface area (Å²) < 4.78 is 4.98. The highest BCUT2D eigenvalue weighted by Gasteiger charge is 2.01. The molecule has 1 aromatic rings. The van der Waals surface area contributed by atoms with Crippen LogP contribution in [0.15, 0.2) is 16.7 Å². The molecule has 1 N–H and O–H groups in total. The van der Waals surface area contributed by atoms with Crippen molar-refractivity contribution >= 4 is 11.6 Å². The van der Waals surface area contributed by atoms with Crippen molar-refractivity contribution in [3.05, 3.63) is 23.1 Å². The molecule has 0 atom stereocenters. The van der Waals surface area contributed by atoms with Gasteiger partial charge in [-0.2, -0.15) is 0 Å². The number of likely N-dealkylation sites (N-methyl/N-ethyl adjacent to an activating group) is 1. The van der Waals surface area contributed by atoms with Crippen LogP contribution in [0.2, 0.25) is 5.22 Å². The highest BCUT2D eigenvalue weighted by Crippen LogP contribution is 2.15. The molecule has 0 unspecified atom stereocenters. The Bertz CT molecular complexity index is 262. The van der Waals surface area contributed by atoms with E-state index >= 15 is 0 Å². The van der Waals surface area contributed by atoms with Gasteiger partial charge in [-0.15, -0.1) is 0 Å². The maximum absolute atomic E-state index is 5.79. The summed E-state index contributed by atoms with van der Waals surface area (Å²) in [6.45, 7) is 6.01. The first-order valence-electron chi connectivity index (χ1n) is 4.85. The average molecular weight is 217 g/mol. The third kappa shape index (κ3) is 3.70. The lowest BCUT2D eigenvalue weighted by Crippen LogP contribution is -2.28. The molecule has 0 spiro atoms. The van der Waals surface area contributed by atoms with Gasteiger partial charge in [0.1, 0.15) is 0 Å². The predicted octanol–water partition coefficient (Wildman–Crippen LogP) is 1.97. The van der Waals surface area contributed by atoms with Gasteiger partial charge in [0.2, 0.25) is 0 Å². The quantitative estimate of drug-likeness (QED) is 0.738. The van der Waals surface area contributed by atoms with Gasteiger partial charge in [-0.1, -0.05) is 6.92 Å². The second-order valence-corrected chi connectivity index (χ2v) is 3.64. The van der Waals surface area contributed by atoms with Crippen LogP contribution in [0.5, 0.6) is 0 Å². The summed E-state index contributed by atoms with van der Waals surface area (Å²) in [5.74, 6) is 0. The molecule has 0 saturated carbocycles. The van der Waals surface area contributed by atoms with E-state index in [1.165, 1.54) is 0 Å². The van der Waals surface area contributed by atoms with E-state index in [1.54, 1.807) is 6.26 Å². The van der Waals surface area contributed by atoms with Crippen LogP contribution in [0.3, 0.4) is 0 Å². The molecule has 0 aliphatic rings. The molecular formula is C10H17ClN2O. The van der Waals surface area contributed by atoms with Crippen molar-refractivity contribution in [3.8, 4) is 0 Å². The number of rotatable bonds is 6. The number of hydrogen-bond acceptors (Lipinski definition) is 3. The zero-order valence-corrected chi connectivity index (χ0v) is 9.47. The second kappa shape index (κ2) is 6.06. The van der Waals surface area contributed by atoms with Gasteiger partial charge in [0.25, 0.3) is 0 Å². The lowest BCUT2D eigenvalue weighted by molar-refractivity contribution is 0.349. The maximum Gasteiger partial charge on any atom is 0.197 e. The van der Waals surface area contributed by atoms with Crippen molar-refractivity contribution in [3.63, 3.8) is 0 Å². The summed E-state index contributed by atoms with van der Waals surface area (Å²) in [6.07, 6.45) is 1.61. The van der Waals surface area contributed by atoms with Crippen LogP contribution in [0.1, 0.15) is 12.5 Å². The number of nitrogens with one attached hydrogen (secondary N) is 1. The van der Waals surface area contributed by atoms with Crippen molar-refractivity contribution in [2.45, 2.75) is 13.5 Å². The van der Waals surface area contributed by atoms with Gasteiger partial charge in [0, 0.05) is 25.2 Å². The fourth-order valence-electron chi connectivity index (χ4n) is 1.10. The third-order valence-electron chi connectivity index (χ3n) is 2.22. The Hall–Kier alpha value is -0.510. The molecule has 0 aliphatic heterocycles. The average Bonchev–Trinajstić information content (AvgIpc) is 2.58. The number of hydrogen-bond donors (Lipinski definition) is 1. The van der Waals surface area contributed by atoms with Gasteiger partial charge >= 0.3 is 0 Å². The minimum absolute atomic E-state index is 0.487. The van der Waals surface area contributed by atoms with E-state index < -0.39 is 0 Å². The van der Waals surface area contributed by atoms with Crippen LogP contribution in [0, 0.1) is 0 Å². The molecule has 1 rings (SSSR count). The normalized spacial score (nSPS) is 11.1. The summed E-state index contributed by atoms with van der Waals surface area (Å²) in [5.41, 5.74) is 1.02. The van der Waals surface area contributed by atoms with E-state index in [0.717, 1.165) is 31.7 Å². The van der Waals surface area contributed by atoms with Crippen LogP contribution in [-0.2, 0) is 6.54 Å². The van der Waals surface area contributed by atoms with Crippen molar-refractivity contribution in [2.24, 2.45) is 0 Å². The Kier molecular flexibility index (Phi) is 5.01. The van der Waals surface area contributed by atoms with Crippen LogP contribution >= 0.6 is 11.6 Å². The summed E-state index contributed by atoms with van der Waals surface area (Å²) in [4.78, 5) is 2.25. The van der Waals surface area contributed by atoms with E-state index in [1.807, 2.05) is 6.07 Å². The van der Waals surface area contributed by atoms with Gasteiger partial charge in [0.15, 0.2) is 5.22 Å². The van der Waals surface area contributed by atoms with Gasteiger partial charge in [-0.25, -0.2) is 0 Å². The summed E-state index contributed by atoms with van der Waals surface area (Å²) in [5, 5.41) is 3.80. The second-order valence-electron chi connectivity index (χ2n) is 3.29. The Labute approximate surface area is 90.0 Å². The molecule has 80 valence electrons. The van der Waals surface area contributed by atoms with Crippen molar-refractivity contribution in [1.82, 2.24) is 10.2 Å². The molecule has 0 saturated heterocycles. The molecule has 14 heavy (non-hydrogen) atoms. The predicted molar refractivity (Wildman–Crippen MR) is 58.6 cm³/mol. The molecule has 3 nitrogen and oxygen atoms in total. The first-order valence-corrected chi connectivity index (χ1v) is 5.23. The SMILES string of the molecule is CCN(C)CCNCc1ccoc1Cl. The van der Waals surface area contributed by atoms with Gasteiger partial charge < -0.3 is 14.6 Å². The van der Waals surface area contributed by atoms with Crippen LogP contribution in [0.4, 0.5) is 0 Å². The molecule has 0 bridgehead atoms. The van der Waals surface area contributed by atoms with Crippen LogP contribution < -0.4 is 5.32 Å². The third-order valence-corrected chi connectivity index (χ3v) is 2.55. The van der Waals surface area contributed by atoms with Crippen LogP contribution in [0.25, 0.3) is 0 Å². The Balaban J connectivity index is 2.13. The van der Waals surface area contributed by atoms with Gasteiger partial charge in [0.05, 0.1) is 6.26 Å². The molecular weight excluding hydrogens is 200 g/mol. The van der Waals surface area contributed by atoms with Gasteiger partial charge in [-0.05, 0) is 31.3 Å². The summed E-state index contributed by atoms with van der Waals surface area (Å²) >= 11 is 5.79. The minimum Gasteiger partial charge on any atom is -0.453 e. The van der Waals surface area contributed by atoms with Crippen molar-refractivity contribution in [1.29, 1.82) is 0 Å². The zero-order valence-electron chi connectivity index (χ0n) is 8.72. The monoisotopic (exact) mass is 216 g/mol. The van der Waals surface area contributed by atoms with E-state index in [4.69, 9.17) is 16.0 Å². The number of furan rings is 1. The molecule has 0 aliphatic carbocycles. The lowest BCUT2D eigenvalue weighted by atomic mass is 10.3. The highest BCUT2D eigenvalue weighted by atomic mass is 35.5. The summed E-state index contributed by atoms with van der Waals surface area (Å²) in [7, 11) is 2.10. The molecule has 0 amide bonds. The van der Waals surface area contributed by atoms with E-state index in [9.17, 15) is 0 Å². The molecule has 1 aromatic heterocycles. The van der Waals surface area contributed by atoms with Crippen LogP contribution in [-0.4, -0.2) is 31.6 Å². The lowest BCUT2D eigenvalue weighted by Gasteiger charge is -2.13. The summed E-state index contributed by atoms with van der Waals surface area (Å²) in [6, 6.07) is 1.89. The Morgan fingerprint density at radius 3 is 2.93 bits per heavy atom. The Morgan fingerprint density at radius 2 is 2.36 bits per heavy atom. The van der Waals surface area contributed by atoms with Gasteiger partial charge in [-0.3, -0.25) is 0 Å². The number of halogens is 1. The van der Waals surface area contributed by atoms with Crippen molar-refractivity contribution < 1.29 is 4.42 Å². The van der Waals surface area contributed by atoms with E-state index in [0.29, 0.717) is 5.22 Å². The fourth-order valence-corrected chi connectivity index (χ4v) is 1.28. The molecule has 4 heteroatoms. The van der Waals surface area contributed by atoms with E-state index in [2.05, 4.69) is 24.2 Å². The maximum atomic E-state index is 5.79. The fraction of sp³-hybridized carbons (Fsp3) is 0.600. The zero-order chi connectivity index (χ0) is 10.4. The Morgan fingerprint density at radius 1 is 1.57 bits per heavy atom. The first kappa shape index (κ1) is 11.6. The minimum atomic E-state index is 0.487. The van der Waals surface area contributed by atoms with E-state index in [-0.39, 0.29) is 0 Å². The highest BCUT2D eigenvalue weighted by molar-refractivity contribution is 6.29. The smallest absolute Gasteiger partial charge is 0.197 e. The largest absolute Gasteiger partial charge is 0.453 e. The number of nitrogens with zero attached hydrogens (tertiary/aromatic N) is 1. The molecule has 0 fully saturated rings. The molecule has 0 radical (unpaired) electrons. The molecule has 0 aromatic carbocycles. The van der Waals surface area contributed by atoms with Crippen molar-refractivity contribution in [2.75, 3.05) is 26.7 Å².